The Kier molecular flexibility index (Phi) is 4.55. The van der Waals surface area contributed by atoms with Crippen molar-refractivity contribution in [1.29, 1.82) is 0 Å². The summed E-state index contributed by atoms with van der Waals surface area (Å²) in [7, 11) is 0. The molecule has 3 nitrogen and oxygen atoms in total. The fraction of sp³-hybridized carbons (Fsp3) is 0.500. The van der Waals surface area contributed by atoms with E-state index < -0.39 is 0 Å². The van der Waals surface area contributed by atoms with Gasteiger partial charge < -0.3 is 11.1 Å². The van der Waals surface area contributed by atoms with Gasteiger partial charge in [0.05, 0.1) is 0 Å². The highest BCUT2D eigenvalue weighted by atomic mass is 16.1. The first-order valence-electron chi connectivity index (χ1n) is 6.07. The van der Waals surface area contributed by atoms with Crippen molar-refractivity contribution in [3.63, 3.8) is 0 Å². The Morgan fingerprint density at radius 2 is 2.00 bits per heavy atom. The molecule has 0 amide bonds. The number of hydrogen-bond acceptors (Lipinski definition) is 3. The average Bonchev–Trinajstić information content (AvgIpc) is 2.15. The summed E-state index contributed by atoms with van der Waals surface area (Å²) in [4.78, 5) is 11.2. The van der Waals surface area contributed by atoms with Gasteiger partial charge in [0.25, 0.3) is 0 Å². The van der Waals surface area contributed by atoms with Crippen molar-refractivity contribution in [2.45, 2.75) is 40.2 Å². The van der Waals surface area contributed by atoms with E-state index in [9.17, 15) is 4.79 Å². The van der Waals surface area contributed by atoms with E-state index >= 15 is 0 Å². The number of nitrogen functional groups attached to an aromatic ring is 1. The molecule has 0 fully saturated rings. The van der Waals surface area contributed by atoms with Gasteiger partial charge in [-0.25, -0.2) is 0 Å². The lowest BCUT2D eigenvalue weighted by Gasteiger charge is -2.18. The minimum atomic E-state index is 0.00396. The van der Waals surface area contributed by atoms with E-state index in [1.54, 1.807) is 6.07 Å². The van der Waals surface area contributed by atoms with Gasteiger partial charge in [0.2, 0.25) is 0 Å². The molecule has 1 atom stereocenters. The molecule has 0 aliphatic heterocycles. The number of carbonyl (C=O) groups excluding carboxylic acids is 1. The number of Topliss-reactive ketones (excluding diaryl/α,β-unsaturated/α-hetero) is 1. The van der Waals surface area contributed by atoms with Gasteiger partial charge in [-0.2, -0.15) is 0 Å². The summed E-state index contributed by atoms with van der Waals surface area (Å²) in [6.07, 6.45) is 1.11. The molecule has 0 radical (unpaired) electrons. The summed E-state index contributed by atoms with van der Waals surface area (Å²) in [5.74, 6) is 0.663. The molecule has 3 heteroatoms. The van der Waals surface area contributed by atoms with Crippen LogP contribution in [0, 0.1) is 5.92 Å². The first-order chi connectivity index (χ1) is 7.90. The molecule has 1 unspecified atom stereocenters. The number of nitrogens with one attached hydrogen (secondary N) is 1. The molecule has 0 bridgehead atoms. The summed E-state index contributed by atoms with van der Waals surface area (Å²) in [6, 6.07) is 5.91. The second-order valence-corrected chi connectivity index (χ2v) is 5.03. The molecular formula is C14H22N2O. The lowest BCUT2D eigenvalue weighted by Crippen LogP contribution is -2.17. The Bertz CT molecular complexity index is 399. The van der Waals surface area contributed by atoms with Crippen molar-refractivity contribution in [2.75, 3.05) is 11.1 Å². The largest absolute Gasteiger partial charge is 0.398 e. The standard InChI is InChI=1S/C14H22N2O/c1-9(2)7-10(3)16-12-5-6-13(11(4)17)14(15)8-12/h5-6,8-10,16H,7,15H2,1-4H3. The summed E-state index contributed by atoms with van der Waals surface area (Å²) < 4.78 is 0. The van der Waals surface area contributed by atoms with E-state index in [0.717, 1.165) is 12.1 Å². The quantitative estimate of drug-likeness (QED) is 0.607. The maximum absolute atomic E-state index is 11.2. The first-order valence-corrected chi connectivity index (χ1v) is 6.07. The van der Waals surface area contributed by atoms with Crippen molar-refractivity contribution in [1.82, 2.24) is 0 Å². The number of rotatable bonds is 5. The lowest BCUT2D eigenvalue weighted by molar-refractivity contribution is 0.101. The monoisotopic (exact) mass is 234 g/mol. The van der Waals surface area contributed by atoms with Crippen molar-refractivity contribution in [3.8, 4) is 0 Å². The van der Waals surface area contributed by atoms with E-state index in [2.05, 4.69) is 26.1 Å². The van der Waals surface area contributed by atoms with Gasteiger partial charge in [-0.15, -0.1) is 0 Å². The molecule has 0 saturated carbocycles. The van der Waals surface area contributed by atoms with Crippen LogP contribution in [0.15, 0.2) is 18.2 Å². The molecule has 1 aromatic rings. The van der Waals surface area contributed by atoms with Crippen LogP contribution in [-0.4, -0.2) is 11.8 Å². The van der Waals surface area contributed by atoms with Gasteiger partial charge in [-0.3, -0.25) is 4.79 Å². The van der Waals surface area contributed by atoms with Gasteiger partial charge in [0.1, 0.15) is 0 Å². The fourth-order valence-corrected chi connectivity index (χ4v) is 2.02. The topological polar surface area (TPSA) is 55.1 Å². The van der Waals surface area contributed by atoms with Crippen LogP contribution in [0.2, 0.25) is 0 Å². The van der Waals surface area contributed by atoms with E-state index in [-0.39, 0.29) is 5.78 Å². The van der Waals surface area contributed by atoms with Crippen LogP contribution in [0.3, 0.4) is 0 Å². The number of ketones is 1. The van der Waals surface area contributed by atoms with Crippen molar-refractivity contribution < 1.29 is 4.79 Å². The summed E-state index contributed by atoms with van der Waals surface area (Å²) in [5, 5.41) is 3.39. The average molecular weight is 234 g/mol. The minimum Gasteiger partial charge on any atom is -0.398 e. The molecule has 0 saturated heterocycles. The number of benzene rings is 1. The Balaban J connectivity index is 2.74. The van der Waals surface area contributed by atoms with Crippen LogP contribution >= 0.6 is 0 Å². The SMILES string of the molecule is CC(=O)c1ccc(NC(C)CC(C)C)cc1N. The zero-order valence-electron chi connectivity index (χ0n) is 11.1. The van der Waals surface area contributed by atoms with Gasteiger partial charge in [-0.1, -0.05) is 13.8 Å². The zero-order chi connectivity index (χ0) is 13.0. The second-order valence-electron chi connectivity index (χ2n) is 5.03. The van der Waals surface area contributed by atoms with Crippen LogP contribution in [-0.2, 0) is 0 Å². The van der Waals surface area contributed by atoms with Crippen molar-refractivity contribution >= 4 is 17.2 Å². The third kappa shape index (κ3) is 4.10. The van der Waals surface area contributed by atoms with Crippen LogP contribution in [0.1, 0.15) is 44.5 Å². The van der Waals surface area contributed by atoms with Gasteiger partial charge >= 0.3 is 0 Å². The molecule has 1 aromatic carbocycles. The highest BCUT2D eigenvalue weighted by Crippen LogP contribution is 2.20. The summed E-state index contributed by atoms with van der Waals surface area (Å²) >= 11 is 0. The first kappa shape index (κ1) is 13.6. The molecule has 0 aliphatic carbocycles. The third-order valence-electron chi connectivity index (χ3n) is 2.67. The molecule has 0 aliphatic rings. The number of nitrogens with two attached hydrogens (primary N) is 1. The minimum absolute atomic E-state index is 0.00396. The van der Waals surface area contributed by atoms with Crippen LogP contribution in [0.25, 0.3) is 0 Å². The second kappa shape index (κ2) is 5.71. The third-order valence-corrected chi connectivity index (χ3v) is 2.67. The molecule has 94 valence electrons. The molecular weight excluding hydrogens is 212 g/mol. The zero-order valence-corrected chi connectivity index (χ0v) is 11.1. The maximum atomic E-state index is 11.2. The van der Waals surface area contributed by atoms with E-state index in [0.29, 0.717) is 23.2 Å². The summed E-state index contributed by atoms with van der Waals surface area (Å²) in [6.45, 7) is 8.08. The Morgan fingerprint density at radius 1 is 1.35 bits per heavy atom. The fourth-order valence-electron chi connectivity index (χ4n) is 2.02. The van der Waals surface area contributed by atoms with Crippen molar-refractivity contribution in [3.05, 3.63) is 23.8 Å². The Labute approximate surface area is 103 Å². The van der Waals surface area contributed by atoms with Crippen LogP contribution in [0.5, 0.6) is 0 Å². The number of hydrogen-bond donors (Lipinski definition) is 2. The molecule has 0 aromatic heterocycles. The predicted octanol–water partition coefficient (Wildman–Crippen LogP) is 3.32. The highest BCUT2D eigenvalue weighted by Gasteiger charge is 2.08. The maximum Gasteiger partial charge on any atom is 0.161 e. The molecule has 0 spiro atoms. The molecule has 3 N–H and O–H groups in total. The van der Waals surface area contributed by atoms with Crippen molar-refractivity contribution in [2.24, 2.45) is 5.92 Å². The van der Waals surface area contributed by atoms with E-state index in [1.165, 1.54) is 6.92 Å². The number of anilines is 2. The van der Waals surface area contributed by atoms with E-state index in [4.69, 9.17) is 5.73 Å². The normalized spacial score (nSPS) is 12.5. The van der Waals surface area contributed by atoms with Gasteiger partial charge in [-0.05, 0) is 44.4 Å². The smallest absolute Gasteiger partial charge is 0.161 e. The lowest BCUT2D eigenvalue weighted by atomic mass is 10.0. The number of carbonyl (C=O) groups is 1. The predicted molar refractivity (Wildman–Crippen MR) is 73.4 cm³/mol. The van der Waals surface area contributed by atoms with Crippen LogP contribution in [0.4, 0.5) is 11.4 Å². The molecule has 1 rings (SSSR count). The van der Waals surface area contributed by atoms with Gasteiger partial charge in [0.15, 0.2) is 5.78 Å². The highest BCUT2D eigenvalue weighted by molar-refractivity contribution is 5.99. The Morgan fingerprint density at radius 3 is 2.47 bits per heavy atom. The van der Waals surface area contributed by atoms with Crippen LogP contribution < -0.4 is 11.1 Å². The molecule has 0 heterocycles. The van der Waals surface area contributed by atoms with E-state index in [1.807, 2.05) is 12.1 Å². The van der Waals surface area contributed by atoms with Gasteiger partial charge in [0, 0.05) is 23.0 Å². The Hall–Kier alpha value is -1.51. The molecule has 17 heavy (non-hydrogen) atoms. The summed E-state index contributed by atoms with van der Waals surface area (Å²) in [5.41, 5.74) is 7.94.